The van der Waals surface area contributed by atoms with E-state index in [1.165, 1.54) is 4.88 Å². The molecule has 2 heterocycles. The van der Waals surface area contributed by atoms with Crippen LogP contribution < -0.4 is 10.6 Å². The standard InChI is InChI=1S/C16H23N3O2S/c1-3-12-10(2)22-9-13(12)16(21)19-7-6-17-8-14(19)15(20)18-11-4-5-11/h9,11,14,17H,3-8H2,1-2H3,(H,18,20)/t14-/m1/s1. The van der Waals surface area contributed by atoms with Gasteiger partial charge in [-0.25, -0.2) is 0 Å². The van der Waals surface area contributed by atoms with Crippen molar-refractivity contribution in [1.29, 1.82) is 0 Å². The molecule has 5 nitrogen and oxygen atoms in total. The van der Waals surface area contributed by atoms with Crippen molar-refractivity contribution in [3.63, 3.8) is 0 Å². The maximum atomic E-state index is 12.9. The molecule has 2 fully saturated rings. The molecule has 2 amide bonds. The lowest BCUT2D eigenvalue weighted by molar-refractivity contribution is -0.126. The van der Waals surface area contributed by atoms with Gasteiger partial charge in [-0.3, -0.25) is 9.59 Å². The molecule has 0 spiro atoms. The number of carbonyl (C=O) groups excluding carboxylic acids is 2. The Bertz CT molecular complexity index is 580. The van der Waals surface area contributed by atoms with E-state index in [0.29, 0.717) is 19.1 Å². The Morgan fingerprint density at radius 1 is 1.45 bits per heavy atom. The molecule has 0 unspecified atom stereocenters. The number of amides is 2. The van der Waals surface area contributed by atoms with Gasteiger partial charge in [0.05, 0.1) is 5.56 Å². The van der Waals surface area contributed by atoms with Gasteiger partial charge in [-0.05, 0) is 31.7 Å². The van der Waals surface area contributed by atoms with Gasteiger partial charge in [-0.1, -0.05) is 6.92 Å². The van der Waals surface area contributed by atoms with Crippen molar-refractivity contribution in [2.75, 3.05) is 19.6 Å². The van der Waals surface area contributed by atoms with E-state index in [9.17, 15) is 9.59 Å². The predicted octanol–water partition coefficient (Wildman–Crippen LogP) is 1.31. The first kappa shape index (κ1) is 15.5. The van der Waals surface area contributed by atoms with Crippen LogP contribution in [-0.4, -0.2) is 48.4 Å². The Balaban J connectivity index is 1.79. The summed E-state index contributed by atoms with van der Waals surface area (Å²) in [6.07, 6.45) is 2.97. The Kier molecular flexibility index (Phi) is 4.49. The van der Waals surface area contributed by atoms with Crippen LogP contribution in [0.4, 0.5) is 0 Å². The van der Waals surface area contributed by atoms with Gasteiger partial charge < -0.3 is 15.5 Å². The lowest BCUT2D eigenvalue weighted by Crippen LogP contribution is -2.59. The molecular formula is C16H23N3O2S. The predicted molar refractivity (Wildman–Crippen MR) is 87.3 cm³/mol. The van der Waals surface area contributed by atoms with E-state index < -0.39 is 6.04 Å². The van der Waals surface area contributed by atoms with E-state index in [4.69, 9.17) is 0 Å². The van der Waals surface area contributed by atoms with Gasteiger partial charge in [0, 0.05) is 35.9 Å². The zero-order valence-electron chi connectivity index (χ0n) is 13.1. The first-order chi connectivity index (χ1) is 10.6. The minimum Gasteiger partial charge on any atom is -0.352 e. The summed E-state index contributed by atoms with van der Waals surface area (Å²) in [4.78, 5) is 28.3. The number of piperazine rings is 1. The van der Waals surface area contributed by atoms with Gasteiger partial charge >= 0.3 is 0 Å². The molecule has 1 saturated carbocycles. The van der Waals surface area contributed by atoms with Crippen LogP contribution in [0.3, 0.4) is 0 Å². The Hall–Kier alpha value is -1.40. The number of hydrogen-bond acceptors (Lipinski definition) is 4. The van der Waals surface area contributed by atoms with E-state index in [1.807, 2.05) is 5.38 Å². The summed E-state index contributed by atoms with van der Waals surface area (Å²) < 4.78 is 0. The number of carbonyl (C=O) groups is 2. The lowest BCUT2D eigenvalue weighted by atomic mass is 10.1. The third-order valence-corrected chi connectivity index (χ3v) is 5.37. The average molecular weight is 321 g/mol. The quantitative estimate of drug-likeness (QED) is 0.879. The third-order valence-electron chi connectivity index (χ3n) is 4.42. The number of hydrogen-bond donors (Lipinski definition) is 2. The van der Waals surface area contributed by atoms with Crippen molar-refractivity contribution in [3.8, 4) is 0 Å². The topological polar surface area (TPSA) is 61.4 Å². The Morgan fingerprint density at radius 2 is 2.23 bits per heavy atom. The molecule has 1 aromatic heterocycles. The molecule has 22 heavy (non-hydrogen) atoms. The second-order valence-electron chi connectivity index (χ2n) is 6.04. The van der Waals surface area contributed by atoms with Crippen molar-refractivity contribution < 1.29 is 9.59 Å². The van der Waals surface area contributed by atoms with Crippen LogP contribution in [0, 0.1) is 6.92 Å². The molecule has 3 rings (SSSR count). The number of nitrogens with zero attached hydrogens (tertiary/aromatic N) is 1. The normalized spacial score (nSPS) is 21.7. The Morgan fingerprint density at radius 3 is 2.91 bits per heavy atom. The van der Waals surface area contributed by atoms with Crippen LogP contribution in [0.5, 0.6) is 0 Å². The molecule has 1 aliphatic heterocycles. The third kappa shape index (κ3) is 3.03. The van der Waals surface area contributed by atoms with E-state index >= 15 is 0 Å². The van der Waals surface area contributed by atoms with Crippen LogP contribution in [0.25, 0.3) is 0 Å². The fraction of sp³-hybridized carbons (Fsp3) is 0.625. The highest BCUT2D eigenvalue weighted by Gasteiger charge is 2.36. The van der Waals surface area contributed by atoms with Gasteiger partial charge in [-0.2, -0.15) is 0 Å². The molecule has 120 valence electrons. The zero-order chi connectivity index (χ0) is 15.7. The number of rotatable bonds is 4. The van der Waals surface area contributed by atoms with Crippen LogP contribution in [0.2, 0.25) is 0 Å². The minimum absolute atomic E-state index is 0.00125. The monoisotopic (exact) mass is 321 g/mol. The van der Waals surface area contributed by atoms with Crippen molar-refractivity contribution in [1.82, 2.24) is 15.5 Å². The molecule has 1 atom stereocenters. The minimum atomic E-state index is -0.397. The van der Waals surface area contributed by atoms with Gasteiger partial charge in [0.2, 0.25) is 5.91 Å². The SMILES string of the molecule is CCc1c(C(=O)N2CCNC[C@@H]2C(=O)NC2CC2)csc1C. The number of nitrogens with one attached hydrogen (secondary N) is 2. The van der Waals surface area contributed by atoms with E-state index in [0.717, 1.165) is 36.9 Å². The van der Waals surface area contributed by atoms with Crippen molar-refractivity contribution in [2.45, 2.75) is 45.2 Å². The molecular weight excluding hydrogens is 298 g/mol. The molecule has 1 aromatic rings. The highest BCUT2D eigenvalue weighted by Crippen LogP contribution is 2.25. The molecule has 2 aliphatic rings. The molecule has 0 bridgehead atoms. The summed E-state index contributed by atoms with van der Waals surface area (Å²) >= 11 is 1.61. The summed E-state index contributed by atoms with van der Waals surface area (Å²) in [5.74, 6) is -0.0216. The highest BCUT2D eigenvalue weighted by molar-refractivity contribution is 7.10. The molecule has 1 aliphatic carbocycles. The maximum Gasteiger partial charge on any atom is 0.255 e. The van der Waals surface area contributed by atoms with Crippen LogP contribution in [0.15, 0.2) is 5.38 Å². The van der Waals surface area contributed by atoms with E-state index in [-0.39, 0.29) is 11.8 Å². The summed E-state index contributed by atoms with van der Waals surface area (Å²) in [7, 11) is 0. The first-order valence-electron chi connectivity index (χ1n) is 8.00. The van der Waals surface area contributed by atoms with Gasteiger partial charge in [0.15, 0.2) is 0 Å². The summed E-state index contributed by atoms with van der Waals surface area (Å²) in [6, 6.07) is -0.0762. The number of thiophene rings is 1. The van der Waals surface area contributed by atoms with Gasteiger partial charge in [-0.15, -0.1) is 11.3 Å². The van der Waals surface area contributed by atoms with Crippen molar-refractivity contribution in [3.05, 3.63) is 21.4 Å². The maximum absolute atomic E-state index is 12.9. The smallest absolute Gasteiger partial charge is 0.255 e. The average Bonchev–Trinajstić information content (AvgIpc) is 3.26. The Labute approximate surface area is 135 Å². The van der Waals surface area contributed by atoms with Crippen molar-refractivity contribution in [2.24, 2.45) is 0 Å². The molecule has 6 heteroatoms. The zero-order valence-corrected chi connectivity index (χ0v) is 14.0. The number of aryl methyl sites for hydroxylation is 1. The van der Waals surface area contributed by atoms with Crippen molar-refractivity contribution >= 4 is 23.2 Å². The largest absolute Gasteiger partial charge is 0.352 e. The fourth-order valence-corrected chi connectivity index (χ4v) is 3.89. The van der Waals surface area contributed by atoms with Gasteiger partial charge in [0.1, 0.15) is 6.04 Å². The highest BCUT2D eigenvalue weighted by atomic mass is 32.1. The van der Waals surface area contributed by atoms with Crippen LogP contribution in [-0.2, 0) is 11.2 Å². The van der Waals surface area contributed by atoms with Gasteiger partial charge in [0.25, 0.3) is 5.91 Å². The summed E-state index contributed by atoms with van der Waals surface area (Å²) in [5, 5.41) is 8.19. The lowest BCUT2D eigenvalue weighted by Gasteiger charge is -2.35. The second-order valence-corrected chi connectivity index (χ2v) is 7.12. The molecule has 0 aromatic carbocycles. The van der Waals surface area contributed by atoms with Crippen LogP contribution >= 0.6 is 11.3 Å². The molecule has 0 radical (unpaired) electrons. The summed E-state index contributed by atoms with van der Waals surface area (Å²) in [6.45, 7) is 5.98. The second kappa shape index (κ2) is 6.38. The van der Waals surface area contributed by atoms with E-state index in [2.05, 4.69) is 24.5 Å². The summed E-state index contributed by atoms with van der Waals surface area (Å²) in [5.41, 5.74) is 1.89. The molecule has 2 N–H and O–H groups in total. The van der Waals surface area contributed by atoms with Crippen LogP contribution in [0.1, 0.15) is 40.6 Å². The van der Waals surface area contributed by atoms with E-state index in [1.54, 1.807) is 16.2 Å². The fourth-order valence-electron chi connectivity index (χ4n) is 2.96. The molecule has 1 saturated heterocycles. The first-order valence-corrected chi connectivity index (χ1v) is 8.88.